The monoisotopic (exact) mass is 433 g/mol. The number of likely N-dealkylation sites (N-methyl/N-ethyl adjacent to an activating group) is 1. The molecule has 2 amide bonds. The minimum atomic E-state index is -4.42. The van der Waals surface area contributed by atoms with Crippen LogP contribution in [0.2, 0.25) is 0 Å². The highest BCUT2D eigenvalue weighted by molar-refractivity contribution is 7.87. The number of nitrogens with zero attached hydrogens (tertiary/aromatic N) is 1. The van der Waals surface area contributed by atoms with E-state index in [-0.39, 0.29) is 36.2 Å². The van der Waals surface area contributed by atoms with Crippen molar-refractivity contribution in [1.29, 1.82) is 0 Å². The molecule has 0 radical (unpaired) electrons. The van der Waals surface area contributed by atoms with Crippen LogP contribution in [0.15, 0.2) is 42.5 Å². The van der Waals surface area contributed by atoms with Crippen LogP contribution in [0.25, 0.3) is 0 Å². The third kappa shape index (κ3) is 5.28. The second-order valence-corrected chi connectivity index (χ2v) is 8.24. The number of phenolic OH excluding ortho intramolecular Hbond substituents is 1. The lowest BCUT2D eigenvalue weighted by atomic mass is 9.92. The largest absolute Gasteiger partial charge is 0.508 e. The van der Waals surface area contributed by atoms with E-state index in [1.54, 1.807) is 30.3 Å². The zero-order chi connectivity index (χ0) is 21.9. The van der Waals surface area contributed by atoms with Gasteiger partial charge in [0.2, 0.25) is 11.8 Å². The quantitative estimate of drug-likeness (QED) is 0.506. The second-order valence-electron chi connectivity index (χ2n) is 7.09. The number of benzene rings is 2. The summed E-state index contributed by atoms with van der Waals surface area (Å²) >= 11 is 0. The molecule has 160 valence electrons. The molecule has 30 heavy (non-hydrogen) atoms. The first-order chi connectivity index (χ1) is 14.2. The number of hydrogen-bond donors (Lipinski definition) is 4. The van der Waals surface area contributed by atoms with Crippen LogP contribution >= 0.6 is 0 Å². The van der Waals surface area contributed by atoms with Crippen LogP contribution in [0.3, 0.4) is 0 Å². The lowest BCUT2D eigenvalue weighted by molar-refractivity contribution is -0.141. The first-order valence-corrected chi connectivity index (χ1v) is 10.8. The van der Waals surface area contributed by atoms with Gasteiger partial charge in [0.1, 0.15) is 11.8 Å². The van der Waals surface area contributed by atoms with Gasteiger partial charge in [-0.25, -0.2) is 0 Å². The molecule has 0 saturated heterocycles. The van der Waals surface area contributed by atoms with E-state index < -0.39 is 16.3 Å². The standard InChI is InChI=1S/C20H23N3O6S/c1-21-20(26)18-11-14-6-7-16(22-30(27,28)29)10-15(14)12-23(18)19(25)8-5-13-3-2-4-17(24)9-13/h2-4,6-7,9-10,18,22,24H,5,8,11-12H2,1H3,(H,21,26)(H,27,28,29)/t18-/m0/s1. The van der Waals surface area contributed by atoms with E-state index in [0.717, 1.165) is 11.1 Å². The van der Waals surface area contributed by atoms with Crippen LogP contribution in [-0.2, 0) is 39.3 Å². The molecule has 0 aliphatic carbocycles. The van der Waals surface area contributed by atoms with Crippen molar-refractivity contribution in [2.45, 2.75) is 31.8 Å². The lowest BCUT2D eigenvalue weighted by Gasteiger charge is -2.36. The van der Waals surface area contributed by atoms with Gasteiger partial charge < -0.3 is 15.3 Å². The molecule has 2 aromatic carbocycles. The summed E-state index contributed by atoms with van der Waals surface area (Å²) in [5.41, 5.74) is 2.48. The minimum Gasteiger partial charge on any atom is -0.508 e. The highest BCUT2D eigenvalue weighted by Crippen LogP contribution is 2.27. The van der Waals surface area contributed by atoms with Crippen LogP contribution in [0.5, 0.6) is 5.75 Å². The third-order valence-electron chi connectivity index (χ3n) is 4.99. The van der Waals surface area contributed by atoms with E-state index in [4.69, 9.17) is 4.55 Å². The molecule has 10 heteroatoms. The Bertz CT molecular complexity index is 1070. The Morgan fingerprint density at radius 1 is 1.17 bits per heavy atom. The van der Waals surface area contributed by atoms with Gasteiger partial charge in [-0.1, -0.05) is 18.2 Å². The van der Waals surface area contributed by atoms with Crippen LogP contribution in [0.4, 0.5) is 5.69 Å². The normalized spacial score (nSPS) is 15.9. The molecule has 1 aliphatic rings. The maximum atomic E-state index is 12.9. The van der Waals surface area contributed by atoms with Crippen molar-refractivity contribution in [3.05, 3.63) is 59.2 Å². The molecule has 0 bridgehead atoms. The number of amides is 2. The number of phenols is 1. The number of hydrogen-bond acceptors (Lipinski definition) is 5. The predicted molar refractivity (Wildman–Crippen MR) is 110 cm³/mol. The molecule has 0 aromatic heterocycles. The molecule has 0 saturated carbocycles. The minimum absolute atomic E-state index is 0.119. The first-order valence-electron chi connectivity index (χ1n) is 9.32. The average Bonchev–Trinajstić information content (AvgIpc) is 2.69. The molecule has 2 aromatic rings. The first kappa shape index (κ1) is 21.6. The van der Waals surface area contributed by atoms with Crippen LogP contribution in [0, 0.1) is 0 Å². The van der Waals surface area contributed by atoms with E-state index in [1.165, 1.54) is 18.0 Å². The summed E-state index contributed by atoms with van der Waals surface area (Å²) < 4.78 is 33.1. The van der Waals surface area contributed by atoms with Crippen molar-refractivity contribution in [2.24, 2.45) is 0 Å². The Labute approximate surface area is 174 Å². The average molecular weight is 433 g/mol. The van der Waals surface area contributed by atoms with Crippen molar-refractivity contribution in [3.8, 4) is 5.75 Å². The van der Waals surface area contributed by atoms with Gasteiger partial charge in [-0.05, 0) is 47.4 Å². The van der Waals surface area contributed by atoms with Crippen molar-refractivity contribution < 1.29 is 27.7 Å². The summed E-state index contributed by atoms with van der Waals surface area (Å²) in [6, 6.07) is 10.7. The summed E-state index contributed by atoms with van der Waals surface area (Å²) in [7, 11) is -2.91. The van der Waals surface area contributed by atoms with Gasteiger partial charge in [0, 0.05) is 26.4 Å². The number of nitrogens with one attached hydrogen (secondary N) is 2. The predicted octanol–water partition coefficient (Wildman–Crippen LogP) is 1.24. The number of carbonyl (C=O) groups is 2. The van der Waals surface area contributed by atoms with Gasteiger partial charge in [0.05, 0.1) is 5.69 Å². The Kier molecular flexibility index (Phi) is 6.28. The highest BCUT2D eigenvalue weighted by atomic mass is 32.2. The fraction of sp³-hybridized carbons (Fsp3) is 0.300. The van der Waals surface area contributed by atoms with Crippen LogP contribution in [0.1, 0.15) is 23.1 Å². The number of aromatic hydroxyl groups is 1. The second kappa shape index (κ2) is 8.72. The third-order valence-corrected chi connectivity index (χ3v) is 5.48. The molecule has 4 N–H and O–H groups in total. The van der Waals surface area contributed by atoms with Crippen molar-refractivity contribution >= 4 is 27.8 Å². The zero-order valence-corrected chi connectivity index (χ0v) is 17.1. The molecule has 9 nitrogen and oxygen atoms in total. The maximum absolute atomic E-state index is 12.9. The van der Waals surface area contributed by atoms with Gasteiger partial charge in [0.15, 0.2) is 0 Å². The van der Waals surface area contributed by atoms with E-state index in [9.17, 15) is 23.1 Å². The molecule has 1 aliphatic heterocycles. The molecule has 1 atom stereocenters. The molecule has 1 heterocycles. The molecular weight excluding hydrogens is 410 g/mol. The number of rotatable bonds is 6. The Balaban J connectivity index is 1.81. The number of fused-ring (bicyclic) bond motifs is 1. The van der Waals surface area contributed by atoms with Crippen molar-refractivity contribution in [2.75, 3.05) is 11.8 Å². The zero-order valence-electron chi connectivity index (χ0n) is 16.3. The summed E-state index contributed by atoms with van der Waals surface area (Å²) in [4.78, 5) is 26.8. The topological polar surface area (TPSA) is 136 Å². The van der Waals surface area contributed by atoms with Crippen LogP contribution in [-0.4, -0.2) is 47.9 Å². The van der Waals surface area contributed by atoms with E-state index >= 15 is 0 Å². The number of anilines is 1. The van der Waals surface area contributed by atoms with E-state index in [1.807, 2.05) is 10.8 Å². The SMILES string of the molecule is CNC(=O)[C@@H]1Cc2ccc(NS(=O)(=O)O)cc2CN1C(=O)CCc1cccc(O)c1. The van der Waals surface area contributed by atoms with Crippen molar-refractivity contribution in [3.63, 3.8) is 0 Å². The summed E-state index contributed by atoms with van der Waals surface area (Å²) in [6.07, 6.45) is 0.843. The molecular formula is C20H23N3O6S. The number of aryl methyl sites for hydroxylation is 1. The maximum Gasteiger partial charge on any atom is 0.357 e. The van der Waals surface area contributed by atoms with Crippen molar-refractivity contribution in [1.82, 2.24) is 10.2 Å². The molecule has 0 unspecified atom stereocenters. The summed E-state index contributed by atoms with van der Waals surface area (Å²) in [6.45, 7) is 0.132. The number of carbonyl (C=O) groups excluding carboxylic acids is 2. The fourth-order valence-corrected chi connectivity index (χ4v) is 3.99. The molecule has 3 rings (SSSR count). The lowest BCUT2D eigenvalue weighted by Crippen LogP contribution is -2.52. The van der Waals surface area contributed by atoms with E-state index in [0.29, 0.717) is 18.4 Å². The molecule has 0 spiro atoms. The van der Waals surface area contributed by atoms with Gasteiger partial charge >= 0.3 is 10.3 Å². The fourth-order valence-electron chi connectivity index (χ4n) is 3.57. The summed E-state index contributed by atoms with van der Waals surface area (Å²) in [5.74, 6) is -0.397. The van der Waals surface area contributed by atoms with Gasteiger partial charge in [-0.3, -0.25) is 18.9 Å². The summed E-state index contributed by atoms with van der Waals surface area (Å²) in [5, 5.41) is 12.2. The van der Waals surface area contributed by atoms with Gasteiger partial charge in [-0.2, -0.15) is 8.42 Å². The van der Waals surface area contributed by atoms with Gasteiger partial charge in [-0.15, -0.1) is 0 Å². The highest BCUT2D eigenvalue weighted by Gasteiger charge is 2.34. The smallest absolute Gasteiger partial charge is 0.357 e. The van der Waals surface area contributed by atoms with Gasteiger partial charge in [0.25, 0.3) is 0 Å². The Hall–Kier alpha value is -3.11. The van der Waals surface area contributed by atoms with E-state index in [2.05, 4.69) is 5.32 Å². The molecule has 0 fully saturated rings. The Morgan fingerprint density at radius 3 is 2.60 bits per heavy atom. The Morgan fingerprint density at radius 2 is 1.93 bits per heavy atom. The van der Waals surface area contributed by atoms with Crippen LogP contribution < -0.4 is 10.0 Å².